The first kappa shape index (κ1) is 21.1. The SMILES string of the molecule is CC(=O)N[C@@H](CC(C)C)C(=O)O.OCNCCc1ccccc1. The Morgan fingerprint density at radius 1 is 1.17 bits per heavy atom. The molecule has 0 aromatic heterocycles. The summed E-state index contributed by atoms with van der Waals surface area (Å²) in [6, 6.07) is 9.46. The fraction of sp³-hybridized carbons (Fsp3) is 0.529. The summed E-state index contributed by atoms with van der Waals surface area (Å²) in [7, 11) is 0. The molecule has 0 heterocycles. The summed E-state index contributed by atoms with van der Waals surface area (Å²) in [5, 5.41) is 22.3. The molecule has 1 aromatic rings. The molecule has 0 aliphatic rings. The third-order valence-corrected chi connectivity index (χ3v) is 2.93. The molecule has 6 heteroatoms. The number of benzene rings is 1. The van der Waals surface area contributed by atoms with Crippen LogP contribution in [0.25, 0.3) is 0 Å². The van der Waals surface area contributed by atoms with Gasteiger partial charge in [-0.15, -0.1) is 0 Å². The minimum atomic E-state index is -0.973. The highest BCUT2D eigenvalue weighted by atomic mass is 16.4. The van der Waals surface area contributed by atoms with Crippen molar-refractivity contribution in [3.63, 3.8) is 0 Å². The minimum Gasteiger partial charge on any atom is -0.480 e. The van der Waals surface area contributed by atoms with Crippen molar-refractivity contribution in [2.24, 2.45) is 5.92 Å². The summed E-state index contributed by atoms with van der Waals surface area (Å²) in [4.78, 5) is 21.1. The van der Waals surface area contributed by atoms with Gasteiger partial charge in [-0.05, 0) is 24.3 Å². The van der Waals surface area contributed by atoms with Gasteiger partial charge in [0, 0.05) is 13.5 Å². The van der Waals surface area contributed by atoms with Gasteiger partial charge >= 0.3 is 5.97 Å². The van der Waals surface area contributed by atoms with Crippen molar-refractivity contribution in [3.05, 3.63) is 35.9 Å². The lowest BCUT2D eigenvalue weighted by molar-refractivity contribution is -0.142. The molecule has 130 valence electrons. The summed E-state index contributed by atoms with van der Waals surface area (Å²) in [5.74, 6) is -1.01. The van der Waals surface area contributed by atoms with Gasteiger partial charge in [0.1, 0.15) is 6.04 Å². The molecule has 0 aliphatic carbocycles. The van der Waals surface area contributed by atoms with Crippen molar-refractivity contribution >= 4 is 11.9 Å². The maximum Gasteiger partial charge on any atom is 0.326 e. The van der Waals surface area contributed by atoms with Crippen molar-refractivity contribution in [2.45, 2.75) is 39.7 Å². The van der Waals surface area contributed by atoms with E-state index < -0.39 is 12.0 Å². The van der Waals surface area contributed by atoms with Crippen LogP contribution in [0.3, 0.4) is 0 Å². The lowest BCUT2D eigenvalue weighted by Gasteiger charge is -2.14. The lowest BCUT2D eigenvalue weighted by Crippen LogP contribution is -2.40. The Balaban J connectivity index is 0.000000422. The first-order valence-electron chi connectivity index (χ1n) is 7.72. The molecule has 23 heavy (non-hydrogen) atoms. The van der Waals surface area contributed by atoms with Gasteiger partial charge in [-0.3, -0.25) is 10.1 Å². The second-order valence-corrected chi connectivity index (χ2v) is 5.61. The van der Waals surface area contributed by atoms with Crippen molar-refractivity contribution < 1.29 is 19.8 Å². The fourth-order valence-corrected chi connectivity index (χ4v) is 1.89. The van der Waals surface area contributed by atoms with E-state index in [4.69, 9.17) is 10.2 Å². The van der Waals surface area contributed by atoms with Crippen LogP contribution in [0.15, 0.2) is 30.3 Å². The Bertz CT molecular complexity index is 449. The molecule has 0 bridgehead atoms. The molecule has 1 atom stereocenters. The molecule has 4 N–H and O–H groups in total. The fourth-order valence-electron chi connectivity index (χ4n) is 1.89. The largest absolute Gasteiger partial charge is 0.480 e. The maximum absolute atomic E-state index is 10.6. The molecular formula is C17H28N2O4. The van der Waals surface area contributed by atoms with E-state index in [1.165, 1.54) is 12.5 Å². The number of aliphatic hydroxyl groups excluding tert-OH is 1. The van der Waals surface area contributed by atoms with E-state index in [-0.39, 0.29) is 18.6 Å². The average Bonchev–Trinajstić information content (AvgIpc) is 2.47. The number of carboxylic acids is 1. The van der Waals surface area contributed by atoms with Crippen LogP contribution in [0.1, 0.15) is 32.8 Å². The second kappa shape index (κ2) is 12.6. The Morgan fingerprint density at radius 2 is 1.78 bits per heavy atom. The van der Waals surface area contributed by atoms with Gasteiger partial charge in [0.15, 0.2) is 0 Å². The summed E-state index contributed by atoms with van der Waals surface area (Å²) in [5.41, 5.74) is 1.30. The van der Waals surface area contributed by atoms with Crippen molar-refractivity contribution in [1.29, 1.82) is 0 Å². The van der Waals surface area contributed by atoms with Gasteiger partial charge in [-0.25, -0.2) is 4.79 Å². The smallest absolute Gasteiger partial charge is 0.326 e. The lowest BCUT2D eigenvalue weighted by atomic mass is 10.0. The highest BCUT2D eigenvalue weighted by molar-refractivity contribution is 5.81. The van der Waals surface area contributed by atoms with Crippen molar-refractivity contribution in [2.75, 3.05) is 13.3 Å². The zero-order valence-electron chi connectivity index (χ0n) is 14.1. The van der Waals surface area contributed by atoms with Crippen LogP contribution < -0.4 is 10.6 Å². The molecule has 0 aliphatic heterocycles. The number of hydrogen-bond acceptors (Lipinski definition) is 4. The first-order chi connectivity index (χ1) is 10.9. The number of carbonyl (C=O) groups is 2. The number of carboxylic acid groups (broad SMARTS) is 1. The van der Waals surface area contributed by atoms with Gasteiger partial charge in [0.05, 0.1) is 6.73 Å². The number of amides is 1. The van der Waals surface area contributed by atoms with Gasteiger partial charge in [0.2, 0.25) is 5.91 Å². The maximum atomic E-state index is 10.6. The standard InChI is InChI=1S/C9H13NO.C8H15NO3/c11-8-10-7-6-9-4-2-1-3-5-9;1-5(2)4-7(8(11)12)9-6(3)10/h1-5,10-11H,6-8H2;5,7H,4H2,1-3H3,(H,9,10)(H,11,12)/t;7-/m.0/s1. The molecule has 0 unspecified atom stereocenters. The van der Waals surface area contributed by atoms with E-state index >= 15 is 0 Å². The third kappa shape index (κ3) is 12.3. The predicted molar refractivity (Wildman–Crippen MR) is 89.9 cm³/mol. The van der Waals surface area contributed by atoms with Gasteiger partial charge in [-0.2, -0.15) is 0 Å². The summed E-state index contributed by atoms with van der Waals surface area (Å²) < 4.78 is 0. The van der Waals surface area contributed by atoms with Gasteiger partial charge < -0.3 is 15.5 Å². The monoisotopic (exact) mass is 324 g/mol. The summed E-state index contributed by atoms with van der Waals surface area (Å²) in [6.07, 6.45) is 1.44. The second-order valence-electron chi connectivity index (χ2n) is 5.61. The van der Waals surface area contributed by atoms with Gasteiger partial charge in [-0.1, -0.05) is 44.2 Å². The van der Waals surface area contributed by atoms with Crippen LogP contribution >= 0.6 is 0 Å². The quantitative estimate of drug-likeness (QED) is 0.428. The molecular weight excluding hydrogens is 296 g/mol. The molecule has 0 spiro atoms. The van der Waals surface area contributed by atoms with Crippen LogP contribution in [-0.4, -0.2) is 41.4 Å². The molecule has 6 nitrogen and oxygen atoms in total. The highest BCUT2D eigenvalue weighted by Gasteiger charge is 2.18. The normalized spacial score (nSPS) is 11.3. The molecule has 0 saturated carbocycles. The molecule has 1 amide bonds. The minimum absolute atomic E-state index is 0.0623. The Labute approximate surface area is 137 Å². The van der Waals surface area contributed by atoms with Crippen LogP contribution in [-0.2, 0) is 16.0 Å². The van der Waals surface area contributed by atoms with Crippen LogP contribution in [0.4, 0.5) is 0 Å². The zero-order valence-corrected chi connectivity index (χ0v) is 14.1. The predicted octanol–water partition coefficient (Wildman–Crippen LogP) is 1.39. The van der Waals surface area contributed by atoms with Crippen molar-refractivity contribution in [1.82, 2.24) is 10.6 Å². The van der Waals surface area contributed by atoms with E-state index in [2.05, 4.69) is 22.8 Å². The van der Waals surface area contributed by atoms with Crippen LogP contribution in [0, 0.1) is 5.92 Å². The van der Waals surface area contributed by atoms with Crippen LogP contribution in [0.5, 0.6) is 0 Å². The average molecular weight is 324 g/mol. The zero-order chi connectivity index (χ0) is 17.7. The number of rotatable bonds is 8. The number of aliphatic hydroxyl groups is 1. The molecule has 0 fully saturated rings. The molecule has 1 aromatic carbocycles. The van der Waals surface area contributed by atoms with Crippen LogP contribution in [0.2, 0.25) is 0 Å². The topological polar surface area (TPSA) is 98.7 Å². The molecule has 0 radical (unpaired) electrons. The Kier molecular flexibility index (Phi) is 11.6. The van der Waals surface area contributed by atoms with E-state index in [9.17, 15) is 9.59 Å². The number of carbonyl (C=O) groups excluding carboxylic acids is 1. The van der Waals surface area contributed by atoms with E-state index in [0.717, 1.165) is 13.0 Å². The summed E-state index contributed by atoms with van der Waals surface area (Å²) >= 11 is 0. The summed E-state index contributed by atoms with van der Waals surface area (Å²) in [6.45, 7) is 6.04. The van der Waals surface area contributed by atoms with Gasteiger partial charge in [0.25, 0.3) is 0 Å². The first-order valence-corrected chi connectivity index (χ1v) is 7.72. The number of hydrogen-bond donors (Lipinski definition) is 4. The Hall–Kier alpha value is -1.92. The Morgan fingerprint density at radius 3 is 2.22 bits per heavy atom. The molecule has 1 rings (SSSR count). The molecule has 0 saturated heterocycles. The van der Waals surface area contributed by atoms with E-state index in [0.29, 0.717) is 6.42 Å². The van der Waals surface area contributed by atoms with E-state index in [1.807, 2.05) is 32.0 Å². The van der Waals surface area contributed by atoms with E-state index in [1.54, 1.807) is 0 Å². The third-order valence-electron chi connectivity index (χ3n) is 2.93. The number of nitrogens with one attached hydrogen (secondary N) is 2. The number of aliphatic carboxylic acids is 1. The highest BCUT2D eigenvalue weighted by Crippen LogP contribution is 2.04. The van der Waals surface area contributed by atoms with Crippen molar-refractivity contribution in [3.8, 4) is 0 Å².